The standard InChI is InChI=1S/C12H17N3S/c1-3-14(9-16)15-8-4-5-11-12(15)10(2)6-7-13-11/h6-7,9H,3-5,8H2,1-2H3. The molecule has 4 heteroatoms. The molecule has 1 aliphatic rings. The number of hydrogen-bond donors (Lipinski definition) is 0. The van der Waals surface area contributed by atoms with Gasteiger partial charge in [-0.2, -0.15) is 0 Å². The quantitative estimate of drug-likeness (QED) is 0.749. The van der Waals surface area contributed by atoms with Crippen molar-refractivity contribution in [3.05, 3.63) is 23.5 Å². The Balaban J connectivity index is 2.42. The lowest BCUT2D eigenvalue weighted by Crippen LogP contribution is -2.45. The van der Waals surface area contributed by atoms with E-state index in [0.29, 0.717) is 0 Å². The van der Waals surface area contributed by atoms with Crippen LogP contribution < -0.4 is 5.01 Å². The zero-order chi connectivity index (χ0) is 11.5. The number of thiocarbonyl (C=S) groups is 1. The number of aromatic nitrogens is 1. The minimum absolute atomic E-state index is 0.900. The Morgan fingerprint density at radius 3 is 3.12 bits per heavy atom. The highest BCUT2D eigenvalue weighted by atomic mass is 32.1. The fourth-order valence-corrected chi connectivity index (χ4v) is 2.47. The molecule has 2 rings (SSSR count). The van der Waals surface area contributed by atoms with Gasteiger partial charge in [0.2, 0.25) is 0 Å². The molecule has 0 aliphatic carbocycles. The molecule has 0 amide bonds. The lowest BCUT2D eigenvalue weighted by atomic mass is 10.1. The third kappa shape index (κ3) is 1.89. The van der Waals surface area contributed by atoms with E-state index in [4.69, 9.17) is 12.2 Å². The van der Waals surface area contributed by atoms with Gasteiger partial charge in [-0.3, -0.25) is 15.0 Å². The van der Waals surface area contributed by atoms with Crippen LogP contribution in [0.5, 0.6) is 0 Å². The first-order valence-corrected chi connectivity index (χ1v) is 6.19. The van der Waals surface area contributed by atoms with Gasteiger partial charge in [-0.05, 0) is 38.3 Å². The van der Waals surface area contributed by atoms with Crippen LogP contribution in [0.1, 0.15) is 24.6 Å². The van der Waals surface area contributed by atoms with Gasteiger partial charge in [0.1, 0.15) is 0 Å². The Bertz CT molecular complexity index is 392. The largest absolute Gasteiger partial charge is 0.283 e. The van der Waals surface area contributed by atoms with Crippen LogP contribution >= 0.6 is 12.2 Å². The lowest BCUT2D eigenvalue weighted by molar-refractivity contribution is 0.400. The molecule has 16 heavy (non-hydrogen) atoms. The average Bonchev–Trinajstić information content (AvgIpc) is 2.31. The van der Waals surface area contributed by atoms with Gasteiger partial charge in [0.05, 0.1) is 16.9 Å². The monoisotopic (exact) mass is 235 g/mol. The maximum Gasteiger partial charge on any atom is 0.0842 e. The minimum Gasteiger partial charge on any atom is -0.283 e. The molecule has 0 saturated carbocycles. The fourth-order valence-electron chi connectivity index (χ4n) is 2.21. The number of anilines is 1. The van der Waals surface area contributed by atoms with Crippen LogP contribution in [0, 0.1) is 6.92 Å². The number of aryl methyl sites for hydroxylation is 2. The van der Waals surface area contributed by atoms with Crippen LogP contribution in [-0.2, 0) is 6.42 Å². The topological polar surface area (TPSA) is 19.4 Å². The van der Waals surface area contributed by atoms with E-state index >= 15 is 0 Å². The summed E-state index contributed by atoms with van der Waals surface area (Å²) in [5, 5.41) is 4.34. The molecule has 1 aromatic rings. The molecule has 0 aromatic carbocycles. The van der Waals surface area contributed by atoms with Gasteiger partial charge >= 0.3 is 0 Å². The van der Waals surface area contributed by atoms with E-state index in [2.05, 4.69) is 34.9 Å². The third-order valence-corrected chi connectivity index (χ3v) is 3.24. The average molecular weight is 235 g/mol. The van der Waals surface area contributed by atoms with Crippen molar-refractivity contribution in [2.75, 3.05) is 18.1 Å². The second-order valence-corrected chi connectivity index (χ2v) is 4.22. The van der Waals surface area contributed by atoms with Crippen LogP contribution in [0.3, 0.4) is 0 Å². The van der Waals surface area contributed by atoms with E-state index in [9.17, 15) is 0 Å². The van der Waals surface area contributed by atoms with Crippen molar-refractivity contribution >= 4 is 23.4 Å². The van der Waals surface area contributed by atoms with Crippen LogP contribution in [0.2, 0.25) is 0 Å². The molecular formula is C12H17N3S. The van der Waals surface area contributed by atoms with Crippen molar-refractivity contribution in [3.63, 3.8) is 0 Å². The van der Waals surface area contributed by atoms with E-state index in [-0.39, 0.29) is 0 Å². The molecule has 0 fully saturated rings. The molecule has 2 heterocycles. The zero-order valence-corrected chi connectivity index (χ0v) is 10.6. The van der Waals surface area contributed by atoms with Crippen molar-refractivity contribution in [1.29, 1.82) is 0 Å². The van der Waals surface area contributed by atoms with Crippen molar-refractivity contribution in [3.8, 4) is 0 Å². The third-order valence-electron chi connectivity index (χ3n) is 3.00. The predicted octanol–water partition coefficient (Wildman–Crippen LogP) is 2.34. The van der Waals surface area contributed by atoms with Crippen LogP contribution in [0.15, 0.2) is 12.3 Å². The Morgan fingerprint density at radius 2 is 2.44 bits per heavy atom. The van der Waals surface area contributed by atoms with E-state index < -0.39 is 0 Å². The summed E-state index contributed by atoms with van der Waals surface area (Å²) in [7, 11) is 0. The summed E-state index contributed by atoms with van der Waals surface area (Å²) in [6.07, 6.45) is 4.11. The number of nitrogens with zero attached hydrogens (tertiary/aromatic N) is 3. The number of fused-ring (bicyclic) bond motifs is 1. The van der Waals surface area contributed by atoms with Crippen molar-refractivity contribution in [2.24, 2.45) is 0 Å². The summed E-state index contributed by atoms with van der Waals surface area (Å²) in [5.41, 5.74) is 5.44. The summed E-state index contributed by atoms with van der Waals surface area (Å²) in [5.74, 6) is 0. The molecular weight excluding hydrogens is 218 g/mol. The van der Waals surface area contributed by atoms with Crippen LogP contribution in [0.4, 0.5) is 5.69 Å². The number of pyridine rings is 1. The first kappa shape index (κ1) is 11.3. The zero-order valence-electron chi connectivity index (χ0n) is 9.81. The second kappa shape index (κ2) is 4.78. The van der Waals surface area contributed by atoms with Crippen LogP contribution in [-0.4, -0.2) is 28.6 Å². The summed E-state index contributed by atoms with van der Waals surface area (Å²) < 4.78 is 0. The normalized spacial score (nSPS) is 14.5. The summed E-state index contributed by atoms with van der Waals surface area (Å²) in [6.45, 7) is 6.18. The van der Waals surface area contributed by atoms with Gasteiger partial charge in [0.15, 0.2) is 0 Å². The molecule has 1 aliphatic heterocycles. The molecule has 0 saturated heterocycles. The predicted molar refractivity (Wildman–Crippen MR) is 70.7 cm³/mol. The SMILES string of the molecule is CCN(C=S)N1CCCc2nccc(C)c21. The highest BCUT2D eigenvalue weighted by Gasteiger charge is 2.22. The van der Waals surface area contributed by atoms with E-state index in [1.54, 1.807) is 5.49 Å². The first-order valence-electron chi connectivity index (χ1n) is 5.71. The van der Waals surface area contributed by atoms with E-state index in [1.807, 2.05) is 6.20 Å². The molecule has 0 unspecified atom stereocenters. The highest BCUT2D eigenvalue weighted by molar-refractivity contribution is 7.78. The second-order valence-electron chi connectivity index (χ2n) is 4.01. The van der Waals surface area contributed by atoms with Gasteiger partial charge in [-0.15, -0.1) is 0 Å². The Morgan fingerprint density at radius 1 is 1.62 bits per heavy atom. The van der Waals surface area contributed by atoms with Crippen molar-refractivity contribution in [2.45, 2.75) is 26.7 Å². The Kier molecular flexibility index (Phi) is 3.39. The van der Waals surface area contributed by atoms with E-state index in [0.717, 1.165) is 25.9 Å². The highest BCUT2D eigenvalue weighted by Crippen LogP contribution is 2.29. The van der Waals surface area contributed by atoms with Crippen molar-refractivity contribution < 1.29 is 0 Å². The lowest BCUT2D eigenvalue weighted by Gasteiger charge is -2.38. The van der Waals surface area contributed by atoms with Gasteiger partial charge < -0.3 is 0 Å². The molecule has 0 atom stereocenters. The van der Waals surface area contributed by atoms with Crippen molar-refractivity contribution in [1.82, 2.24) is 9.99 Å². The van der Waals surface area contributed by atoms with E-state index in [1.165, 1.54) is 16.9 Å². The fraction of sp³-hybridized carbons (Fsp3) is 0.500. The molecule has 0 N–H and O–H groups in total. The Labute approximate surface area is 102 Å². The Hall–Kier alpha value is -1.16. The minimum atomic E-state index is 0.900. The summed E-state index contributed by atoms with van der Waals surface area (Å²) in [4.78, 5) is 4.47. The number of hydrogen-bond acceptors (Lipinski definition) is 3. The summed E-state index contributed by atoms with van der Waals surface area (Å²) in [6, 6.07) is 2.06. The maximum absolute atomic E-state index is 5.06. The van der Waals surface area contributed by atoms with Gasteiger partial charge in [-0.1, -0.05) is 12.2 Å². The molecule has 3 nitrogen and oxygen atoms in total. The van der Waals surface area contributed by atoms with Crippen LogP contribution in [0.25, 0.3) is 0 Å². The number of hydrazine groups is 1. The smallest absolute Gasteiger partial charge is 0.0842 e. The molecule has 0 spiro atoms. The molecule has 86 valence electrons. The maximum atomic E-state index is 5.06. The van der Waals surface area contributed by atoms with Gasteiger partial charge in [0.25, 0.3) is 0 Å². The molecule has 1 aromatic heterocycles. The molecule has 0 bridgehead atoms. The molecule has 0 radical (unpaired) electrons. The first-order chi connectivity index (χ1) is 7.77. The number of rotatable bonds is 3. The summed E-state index contributed by atoms with van der Waals surface area (Å²) >= 11 is 5.06. The van der Waals surface area contributed by atoms with Gasteiger partial charge in [0, 0.05) is 19.3 Å². The van der Waals surface area contributed by atoms with Gasteiger partial charge in [-0.25, -0.2) is 0 Å².